The standard InChI is InChI=1S/C23H16BrClN4O2S/c24-16-9-11-17(12-10-16)29-22(31)18-6-2-4-8-20(18)27-23(29)32-14-21(30)28-26-13-15-5-1-3-7-19(15)25/h1-13H,14H2,(H,28,30)/b26-13-. The third kappa shape index (κ3) is 5.09. The highest BCUT2D eigenvalue weighted by molar-refractivity contribution is 9.10. The second-order valence-corrected chi connectivity index (χ2v) is 8.90. The summed E-state index contributed by atoms with van der Waals surface area (Å²) in [7, 11) is 0. The first-order valence-electron chi connectivity index (χ1n) is 9.50. The van der Waals surface area contributed by atoms with E-state index in [9.17, 15) is 9.59 Å². The first-order chi connectivity index (χ1) is 15.5. The van der Waals surface area contributed by atoms with Crippen LogP contribution in [-0.2, 0) is 4.79 Å². The number of carbonyl (C=O) groups excluding carboxylic acids is 1. The smallest absolute Gasteiger partial charge is 0.266 e. The number of rotatable bonds is 6. The van der Waals surface area contributed by atoms with E-state index in [1.54, 1.807) is 30.3 Å². The molecule has 0 radical (unpaired) electrons. The summed E-state index contributed by atoms with van der Waals surface area (Å²) < 4.78 is 2.41. The fourth-order valence-electron chi connectivity index (χ4n) is 2.94. The number of fused-ring (bicyclic) bond motifs is 1. The third-order valence-corrected chi connectivity index (χ3v) is 6.27. The van der Waals surface area contributed by atoms with Gasteiger partial charge < -0.3 is 0 Å². The molecule has 0 aliphatic carbocycles. The number of amides is 1. The molecule has 4 aromatic rings. The van der Waals surface area contributed by atoms with Crippen molar-refractivity contribution in [3.8, 4) is 5.69 Å². The van der Waals surface area contributed by atoms with Gasteiger partial charge in [0.2, 0.25) is 0 Å². The number of aromatic nitrogens is 2. The number of hydrogen-bond donors (Lipinski definition) is 1. The Bertz CT molecular complexity index is 1370. The zero-order valence-corrected chi connectivity index (χ0v) is 19.7. The minimum absolute atomic E-state index is 0.0289. The summed E-state index contributed by atoms with van der Waals surface area (Å²) >= 11 is 10.6. The van der Waals surface area contributed by atoms with Gasteiger partial charge in [-0.1, -0.05) is 69.6 Å². The SMILES string of the molecule is O=C(CSc1nc2ccccc2c(=O)n1-c1ccc(Br)cc1)N/N=C\c1ccccc1Cl. The van der Waals surface area contributed by atoms with Gasteiger partial charge >= 0.3 is 0 Å². The normalized spacial score (nSPS) is 11.2. The molecule has 9 heteroatoms. The predicted octanol–water partition coefficient (Wildman–Crippen LogP) is 5.04. The van der Waals surface area contributed by atoms with Crippen molar-refractivity contribution >= 4 is 62.3 Å². The summed E-state index contributed by atoms with van der Waals surface area (Å²) in [5.41, 5.74) is 4.21. The van der Waals surface area contributed by atoms with Crippen LogP contribution in [0.1, 0.15) is 5.56 Å². The number of nitrogens with one attached hydrogen (secondary N) is 1. The topological polar surface area (TPSA) is 76.3 Å². The molecule has 0 unspecified atom stereocenters. The number of thioether (sulfide) groups is 1. The van der Waals surface area contributed by atoms with Gasteiger partial charge in [0.25, 0.3) is 11.5 Å². The van der Waals surface area contributed by atoms with Gasteiger partial charge in [-0.05, 0) is 42.5 Å². The Hall–Kier alpha value is -2.94. The average Bonchev–Trinajstić information content (AvgIpc) is 2.80. The van der Waals surface area contributed by atoms with Crippen LogP contribution in [0.4, 0.5) is 0 Å². The maximum absolute atomic E-state index is 13.2. The molecular weight excluding hydrogens is 512 g/mol. The van der Waals surface area contributed by atoms with Crippen molar-refractivity contribution in [2.24, 2.45) is 5.10 Å². The lowest BCUT2D eigenvalue weighted by molar-refractivity contribution is -0.118. The molecule has 1 amide bonds. The molecule has 0 fully saturated rings. The van der Waals surface area contributed by atoms with Crippen LogP contribution in [0.25, 0.3) is 16.6 Å². The third-order valence-electron chi connectivity index (χ3n) is 4.46. The van der Waals surface area contributed by atoms with Crippen LogP contribution in [0.3, 0.4) is 0 Å². The molecule has 0 spiro atoms. The van der Waals surface area contributed by atoms with E-state index in [-0.39, 0.29) is 17.2 Å². The molecule has 1 heterocycles. The van der Waals surface area contributed by atoms with E-state index in [1.165, 1.54) is 10.8 Å². The van der Waals surface area contributed by atoms with Crippen molar-refractivity contribution in [3.05, 3.63) is 98.2 Å². The van der Waals surface area contributed by atoms with Crippen molar-refractivity contribution in [3.63, 3.8) is 0 Å². The van der Waals surface area contributed by atoms with Crippen LogP contribution < -0.4 is 11.0 Å². The molecule has 160 valence electrons. The molecule has 0 bridgehead atoms. The predicted molar refractivity (Wildman–Crippen MR) is 133 cm³/mol. The summed E-state index contributed by atoms with van der Waals surface area (Å²) in [6.45, 7) is 0. The van der Waals surface area contributed by atoms with Crippen LogP contribution in [0.2, 0.25) is 5.02 Å². The summed E-state index contributed by atoms with van der Waals surface area (Å²) in [6, 6.07) is 21.7. The van der Waals surface area contributed by atoms with Gasteiger partial charge in [-0.3, -0.25) is 14.2 Å². The molecule has 0 aliphatic rings. The van der Waals surface area contributed by atoms with Crippen LogP contribution in [0.15, 0.2) is 92.3 Å². The highest BCUT2D eigenvalue weighted by Crippen LogP contribution is 2.22. The van der Waals surface area contributed by atoms with Crippen molar-refractivity contribution in [1.82, 2.24) is 15.0 Å². The van der Waals surface area contributed by atoms with Gasteiger partial charge in [0.05, 0.1) is 28.6 Å². The molecule has 0 atom stereocenters. The number of para-hydroxylation sites is 1. The molecule has 4 rings (SSSR count). The van der Waals surface area contributed by atoms with E-state index in [0.717, 1.165) is 16.2 Å². The second kappa shape index (κ2) is 10.1. The van der Waals surface area contributed by atoms with Crippen molar-refractivity contribution < 1.29 is 4.79 Å². The summed E-state index contributed by atoms with van der Waals surface area (Å²) in [5, 5.41) is 5.42. The maximum atomic E-state index is 13.2. The number of benzene rings is 3. The van der Waals surface area contributed by atoms with Gasteiger partial charge in [-0.25, -0.2) is 10.4 Å². The number of hydrogen-bond acceptors (Lipinski definition) is 5. The first kappa shape index (κ1) is 22.3. The first-order valence-corrected chi connectivity index (χ1v) is 11.7. The Balaban J connectivity index is 1.57. The van der Waals surface area contributed by atoms with E-state index < -0.39 is 0 Å². The second-order valence-electron chi connectivity index (χ2n) is 6.63. The fourth-order valence-corrected chi connectivity index (χ4v) is 4.20. The van der Waals surface area contributed by atoms with E-state index in [0.29, 0.717) is 32.3 Å². The summed E-state index contributed by atoms with van der Waals surface area (Å²) in [5.74, 6) is -0.302. The zero-order valence-electron chi connectivity index (χ0n) is 16.5. The number of halogens is 2. The van der Waals surface area contributed by atoms with Gasteiger partial charge in [-0.2, -0.15) is 5.10 Å². The Morgan fingerprint density at radius 1 is 1.09 bits per heavy atom. The van der Waals surface area contributed by atoms with Crippen molar-refractivity contribution in [2.75, 3.05) is 5.75 Å². The van der Waals surface area contributed by atoms with E-state index in [1.807, 2.05) is 42.5 Å². The minimum Gasteiger partial charge on any atom is -0.272 e. The summed E-state index contributed by atoms with van der Waals surface area (Å²) in [6.07, 6.45) is 1.48. The van der Waals surface area contributed by atoms with Gasteiger partial charge in [0.1, 0.15) is 0 Å². The van der Waals surface area contributed by atoms with Crippen LogP contribution in [0.5, 0.6) is 0 Å². The van der Waals surface area contributed by atoms with Crippen LogP contribution in [-0.4, -0.2) is 27.4 Å². The zero-order chi connectivity index (χ0) is 22.5. The molecule has 32 heavy (non-hydrogen) atoms. The molecular formula is C23H16BrClN4O2S. The van der Waals surface area contributed by atoms with E-state index in [4.69, 9.17) is 11.6 Å². The molecule has 0 saturated heterocycles. The van der Waals surface area contributed by atoms with E-state index >= 15 is 0 Å². The number of nitrogens with zero attached hydrogens (tertiary/aromatic N) is 3. The molecule has 1 aromatic heterocycles. The molecule has 1 N–H and O–H groups in total. The Kier molecular flexibility index (Phi) is 7.04. The molecule has 3 aromatic carbocycles. The fraction of sp³-hybridized carbons (Fsp3) is 0.0435. The van der Waals surface area contributed by atoms with Crippen LogP contribution >= 0.6 is 39.3 Å². The van der Waals surface area contributed by atoms with Gasteiger partial charge in [0.15, 0.2) is 5.16 Å². The summed E-state index contributed by atoms with van der Waals surface area (Å²) in [4.78, 5) is 30.2. The number of hydrazone groups is 1. The quantitative estimate of drug-likeness (QED) is 0.165. The lowest BCUT2D eigenvalue weighted by Gasteiger charge is -2.13. The van der Waals surface area contributed by atoms with Crippen molar-refractivity contribution in [2.45, 2.75) is 5.16 Å². The Morgan fingerprint density at radius 3 is 2.59 bits per heavy atom. The number of carbonyl (C=O) groups is 1. The van der Waals surface area contributed by atoms with E-state index in [2.05, 4.69) is 31.4 Å². The van der Waals surface area contributed by atoms with Crippen molar-refractivity contribution in [1.29, 1.82) is 0 Å². The van der Waals surface area contributed by atoms with Crippen LogP contribution in [0, 0.1) is 0 Å². The molecule has 0 aliphatic heterocycles. The Morgan fingerprint density at radius 2 is 1.81 bits per heavy atom. The van der Waals surface area contributed by atoms with Gasteiger partial charge in [-0.15, -0.1) is 0 Å². The molecule has 0 saturated carbocycles. The Labute approximate surface area is 201 Å². The monoisotopic (exact) mass is 526 g/mol. The molecule has 6 nitrogen and oxygen atoms in total. The lowest BCUT2D eigenvalue weighted by Crippen LogP contribution is -2.24. The highest BCUT2D eigenvalue weighted by Gasteiger charge is 2.14. The minimum atomic E-state index is -0.330. The lowest BCUT2D eigenvalue weighted by atomic mass is 10.2. The largest absolute Gasteiger partial charge is 0.272 e. The highest BCUT2D eigenvalue weighted by atomic mass is 79.9. The average molecular weight is 528 g/mol. The van der Waals surface area contributed by atoms with Gasteiger partial charge in [0, 0.05) is 15.1 Å². The maximum Gasteiger partial charge on any atom is 0.266 e.